The van der Waals surface area contributed by atoms with E-state index in [0.29, 0.717) is 35.4 Å². The van der Waals surface area contributed by atoms with Gasteiger partial charge in [0, 0.05) is 19.6 Å². The Morgan fingerprint density at radius 2 is 1.60 bits per heavy atom. The van der Waals surface area contributed by atoms with Crippen LogP contribution >= 0.6 is 0 Å². The summed E-state index contributed by atoms with van der Waals surface area (Å²) in [5.74, 6) is 1.13. The quantitative estimate of drug-likeness (QED) is 0.836. The molecule has 2 aliphatic rings. The highest BCUT2D eigenvalue weighted by atomic mass is 32.2. The molecule has 0 spiro atoms. The molecule has 0 bridgehead atoms. The molecule has 0 radical (unpaired) electrons. The minimum absolute atomic E-state index is 0.260. The topological polar surface area (TPSA) is 63.4 Å². The second-order valence-electron chi connectivity index (χ2n) is 6.02. The third-order valence-electron chi connectivity index (χ3n) is 4.13. The van der Waals surface area contributed by atoms with Gasteiger partial charge in [0.05, 0.1) is 4.90 Å². The predicted molar refractivity (Wildman–Crippen MR) is 78.5 cm³/mol. The van der Waals surface area contributed by atoms with E-state index >= 15 is 0 Å². The van der Waals surface area contributed by atoms with Gasteiger partial charge in [0.1, 0.15) is 0 Å². The Morgan fingerprint density at radius 3 is 2.10 bits per heavy atom. The molecule has 0 atom stereocenters. The van der Waals surface area contributed by atoms with Crippen molar-refractivity contribution in [2.75, 3.05) is 13.1 Å². The number of sulfonamides is 1. The minimum atomic E-state index is -3.40. The van der Waals surface area contributed by atoms with Gasteiger partial charge in [0.25, 0.3) is 0 Å². The Morgan fingerprint density at radius 1 is 1.05 bits per heavy atom. The lowest BCUT2D eigenvalue weighted by atomic mass is 10.2. The van der Waals surface area contributed by atoms with E-state index in [9.17, 15) is 8.42 Å². The average Bonchev–Trinajstić information content (AvgIpc) is 3.33. The fourth-order valence-corrected chi connectivity index (χ4v) is 4.34. The summed E-state index contributed by atoms with van der Waals surface area (Å²) in [5.41, 5.74) is 6.40. The van der Waals surface area contributed by atoms with Gasteiger partial charge in [-0.25, -0.2) is 8.42 Å². The molecule has 0 amide bonds. The highest BCUT2D eigenvalue weighted by Crippen LogP contribution is 2.36. The summed E-state index contributed by atoms with van der Waals surface area (Å²) >= 11 is 0. The molecule has 20 heavy (non-hydrogen) atoms. The highest BCUT2D eigenvalue weighted by Gasteiger charge is 2.36. The van der Waals surface area contributed by atoms with Crippen LogP contribution in [0.3, 0.4) is 0 Å². The molecule has 0 heterocycles. The van der Waals surface area contributed by atoms with E-state index in [1.54, 1.807) is 22.5 Å². The van der Waals surface area contributed by atoms with Gasteiger partial charge in [-0.15, -0.1) is 0 Å². The molecule has 0 aliphatic heterocycles. The van der Waals surface area contributed by atoms with Crippen molar-refractivity contribution in [1.29, 1.82) is 0 Å². The van der Waals surface area contributed by atoms with Gasteiger partial charge in [-0.2, -0.15) is 4.31 Å². The molecular formula is C15H22N2O2S. The summed E-state index contributed by atoms with van der Waals surface area (Å²) in [4.78, 5) is 0.392. The first-order chi connectivity index (χ1) is 9.61. The molecule has 1 aromatic rings. The average molecular weight is 294 g/mol. The first-order valence-electron chi connectivity index (χ1n) is 7.39. The van der Waals surface area contributed by atoms with Gasteiger partial charge in [0.2, 0.25) is 10.0 Å². The summed E-state index contributed by atoms with van der Waals surface area (Å²) in [5, 5.41) is 0. The minimum Gasteiger partial charge on any atom is -0.326 e. The first kappa shape index (κ1) is 14.0. The van der Waals surface area contributed by atoms with Gasteiger partial charge in [0.15, 0.2) is 0 Å². The van der Waals surface area contributed by atoms with Gasteiger partial charge in [-0.3, -0.25) is 0 Å². The number of rotatable bonds is 7. The van der Waals surface area contributed by atoms with Crippen molar-refractivity contribution in [3.05, 3.63) is 29.8 Å². The van der Waals surface area contributed by atoms with Crippen molar-refractivity contribution in [2.24, 2.45) is 17.6 Å². The summed E-state index contributed by atoms with van der Waals surface area (Å²) in [6.45, 7) is 1.62. The van der Waals surface area contributed by atoms with Gasteiger partial charge < -0.3 is 5.73 Å². The molecule has 2 fully saturated rings. The largest absolute Gasteiger partial charge is 0.326 e. The van der Waals surface area contributed by atoms with Crippen molar-refractivity contribution in [3.8, 4) is 0 Å². The predicted octanol–water partition coefficient (Wildman–Crippen LogP) is 1.96. The molecule has 0 saturated heterocycles. The summed E-state index contributed by atoms with van der Waals surface area (Å²) in [6, 6.07) is 7.11. The molecule has 2 saturated carbocycles. The van der Waals surface area contributed by atoms with Gasteiger partial charge in [-0.1, -0.05) is 18.2 Å². The Labute approximate surface area is 121 Å². The maximum absolute atomic E-state index is 12.9. The first-order valence-corrected chi connectivity index (χ1v) is 8.83. The third-order valence-corrected chi connectivity index (χ3v) is 6.06. The van der Waals surface area contributed by atoms with Crippen LogP contribution in [0.5, 0.6) is 0 Å². The van der Waals surface area contributed by atoms with E-state index in [-0.39, 0.29) is 6.54 Å². The van der Waals surface area contributed by atoms with Gasteiger partial charge in [-0.05, 0) is 49.1 Å². The second kappa shape index (κ2) is 5.47. The van der Waals surface area contributed by atoms with Crippen LogP contribution < -0.4 is 5.73 Å². The highest BCUT2D eigenvalue weighted by molar-refractivity contribution is 7.89. The summed E-state index contributed by atoms with van der Waals surface area (Å²) < 4.78 is 27.5. The van der Waals surface area contributed by atoms with E-state index in [1.807, 2.05) is 6.07 Å². The lowest BCUT2D eigenvalue weighted by molar-refractivity contribution is 0.382. The van der Waals surface area contributed by atoms with Gasteiger partial charge >= 0.3 is 0 Å². The van der Waals surface area contributed by atoms with E-state index in [1.165, 1.54) is 0 Å². The summed E-state index contributed by atoms with van der Waals surface area (Å²) in [7, 11) is -3.40. The van der Waals surface area contributed by atoms with E-state index in [4.69, 9.17) is 5.73 Å². The van der Waals surface area contributed by atoms with Crippen LogP contribution in [-0.4, -0.2) is 25.8 Å². The second-order valence-corrected chi connectivity index (χ2v) is 7.93. The van der Waals surface area contributed by atoms with Crippen LogP contribution in [0, 0.1) is 11.8 Å². The van der Waals surface area contributed by atoms with Crippen molar-refractivity contribution >= 4 is 10.0 Å². The third kappa shape index (κ3) is 3.05. The smallest absolute Gasteiger partial charge is 0.243 e. The Balaban J connectivity index is 1.89. The molecular weight excluding hydrogens is 272 g/mol. The monoisotopic (exact) mass is 294 g/mol. The van der Waals surface area contributed by atoms with Crippen LogP contribution in [0.2, 0.25) is 0 Å². The lowest BCUT2D eigenvalue weighted by Crippen LogP contribution is -2.35. The zero-order valence-corrected chi connectivity index (χ0v) is 12.5. The lowest BCUT2D eigenvalue weighted by Gasteiger charge is -2.23. The number of nitrogens with zero attached hydrogens (tertiary/aromatic N) is 1. The van der Waals surface area contributed by atoms with E-state index in [2.05, 4.69) is 0 Å². The molecule has 4 nitrogen and oxygen atoms in total. The zero-order valence-electron chi connectivity index (χ0n) is 11.7. The van der Waals surface area contributed by atoms with Crippen LogP contribution in [0.25, 0.3) is 0 Å². The van der Waals surface area contributed by atoms with Crippen molar-refractivity contribution in [1.82, 2.24) is 4.31 Å². The molecule has 3 rings (SSSR count). The molecule has 110 valence electrons. The Hall–Kier alpha value is -0.910. The normalized spacial score (nSPS) is 19.5. The van der Waals surface area contributed by atoms with E-state index in [0.717, 1.165) is 25.7 Å². The van der Waals surface area contributed by atoms with Crippen molar-refractivity contribution in [3.63, 3.8) is 0 Å². The number of hydrogen-bond donors (Lipinski definition) is 1. The standard InChI is InChI=1S/C15H22N2O2S/c16-9-14-3-1-2-4-15(14)20(18,19)17(10-12-5-6-12)11-13-7-8-13/h1-4,12-13H,5-11,16H2. The maximum atomic E-state index is 12.9. The summed E-state index contributed by atoms with van der Waals surface area (Å²) in [6.07, 6.45) is 4.65. The Kier molecular flexibility index (Phi) is 3.84. The Bertz CT molecular complexity index is 563. The van der Waals surface area contributed by atoms with Crippen LogP contribution in [-0.2, 0) is 16.6 Å². The SMILES string of the molecule is NCc1ccccc1S(=O)(=O)N(CC1CC1)CC1CC1. The van der Waals surface area contributed by atoms with E-state index < -0.39 is 10.0 Å². The molecule has 0 aromatic heterocycles. The molecule has 5 heteroatoms. The fraction of sp³-hybridized carbons (Fsp3) is 0.600. The van der Waals surface area contributed by atoms with Crippen LogP contribution in [0.1, 0.15) is 31.2 Å². The maximum Gasteiger partial charge on any atom is 0.243 e. The molecule has 0 unspecified atom stereocenters. The van der Waals surface area contributed by atoms with Crippen molar-refractivity contribution in [2.45, 2.75) is 37.1 Å². The fourth-order valence-electron chi connectivity index (χ4n) is 2.51. The van der Waals surface area contributed by atoms with Crippen LogP contribution in [0.4, 0.5) is 0 Å². The number of hydrogen-bond acceptors (Lipinski definition) is 3. The van der Waals surface area contributed by atoms with Crippen LogP contribution in [0.15, 0.2) is 29.2 Å². The number of nitrogens with two attached hydrogens (primary N) is 1. The zero-order chi connectivity index (χ0) is 14.2. The molecule has 2 aliphatic carbocycles. The molecule has 2 N–H and O–H groups in total. The number of benzene rings is 1. The molecule has 1 aromatic carbocycles. The van der Waals surface area contributed by atoms with Crippen molar-refractivity contribution < 1.29 is 8.42 Å².